The van der Waals surface area contributed by atoms with Crippen LogP contribution in [0.2, 0.25) is 5.02 Å². The van der Waals surface area contributed by atoms with Crippen LogP contribution in [-0.4, -0.2) is 33.2 Å². The van der Waals surface area contributed by atoms with Crippen LogP contribution in [0.3, 0.4) is 0 Å². The fourth-order valence-electron chi connectivity index (χ4n) is 2.12. The van der Waals surface area contributed by atoms with Crippen molar-refractivity contribution in [2.45, 2.75) is 41.6 Å². The van der Waals surface area contributed by atoms with E-state index in [4.69, 9.17) is 11.6 Å². The Morgan fingerprint density at radius 3 is 2.50 bits per heavy atom. The van der Waals surface area contributed by atoms with Gasteiger partial charge in [0, 0.05) is 22.9 Å². The first-order valence-electron chi connectivity index (χ1n) is 8.43. The number of hydrogen-bond acceptors (Lipinski definition) is 5. The Balaban J connectivity index is 2.68. The van der Waals surface area contributed by atoms with Gasteiger partial charge in [-0.3, -0.25) is 0 Å². The minimum absolute atomic E-state index is 0.000688. The van der Waals surface area contributed by atoms with Crippen LogP contribution in [0.1, 0.15) is 42.3 Å². The van der Waals surface area contributed by atoms with E-state index < -0.39 is 33.4 Å². The maximum atomic E-state index is 13.7. The van der Waals surface area contributed by atoms with Crippen molar-refractivity contribution in [2.24, 2.45) is 4.40 Å². The standard InChI is InChI=1S/C19H18ClF3N2O3S2/c1-18(2,3)30(27)25-10-12-14(20)8-7-13(19(21,22)23)15(12)29-16-11(17(26)28-4)6-5-9-24-16/h5-10H,1-4H3/b25-10+. The van der Waals surface area contributed by atoms with Crippen molar-refractivity contribution in [3.8, 4) is 0 Å². The van der Waals surface area contributed by atoms with Crippen molar-refractivity contribution in [2.75, 3.05) is 7.11 Å². The third kappa shape index (κ3) is 5.83. The number of carbonyl (C=O) groups is 1. The molecule has 0 N–H and O–H groups in total. The number of methoxy groups -OCH3 is 1. The Morgan fingerprint density at radius 2 is 1.93 bits per heavy atom. The van der Waals surface area contributed by atoms with Gasteiger partial charge >= 0.3 is 12.1 Å². The molecule has 0 spiro atoms. The maximum Gasteiger partial charge on any atom is 0.417 e. The second-order valence-electron chi connectivity index (χ2n) is 6.88. The van der Waals surface area contributed by atoms with Gasteiger partial charge in [0.1, 0.15) is 16.0 Å². The van der Waals surface area contributed by atoms with Gasteiger partial charge in [0.25, 0.3) is 0 Å². The zero-order valence-corrected chi connectivity index (χ0v) is 18.8. The van der Waals surface area contributed by atoms with Gasteiger partial charge in [-0.1, -0.05) is 23.4 Å². The maximum absolute atomic E-state index is 13.7. The normalized spacial score (nSPS) is 13.5. The second-order valence-corrected chi connectivity index (χ2v) is 10.2. The summed E-state index contributed by atoms with van der Waals surface area (Å²) in [5.41, 5.74) is -1.06. The Kier molecular flexibility index (Phi) is 7.70. The lowest BCUT2D eigenvalue weighted by Gasteiger charge is -2.17. The third-order valence-electron chi connectivity index (χ3n) is 3.62. The molecule has 1 unspecified atom stereocenters. The van der Waals surface area contributed by atoms with Gasteiger partial charge in [0.05, 0.1) is 28.0 Å². The average Bonchev–Trinajstić information content (AvgIpc) is 2.65. The minimum atomic E-state index is -4.71. The smallest absolute Gasteiger partial charge is 0.417 e. The van der Waals surface area contributed by atoms with Gasteiger partial charge in [0.2, 0.25) is 0 Å². The van der Waals surface area contributed by atoms with Gasteiger partial charge in [-0.05, 0) is 45.0 Å². The molecule has 0 aliphatic rings. The van der Waals surface area contributed by atoms with E-state index in [-0.39, 0.29) is 26.1 Å². The number of aromatic nitrogens is 1. The molecule has 0 saturated heterocycles. The Labute approximate surface area is 183 Å². The highest BCUT2D eigenvalue weighted by Crippen LogP contribution is 2.43. The molecule has 2 rings (SSSR count). The molecule has 0 aliphatic carbocycles. The van der Waals surface area contributed by atoms with Crippen molar-refractivity contribution >= 4 is 46.5 Å². The topological polar surface area (TPSA) is 68.6 Å². The van der Waals surface area contributed by atoms with Crippen LogP contribution in [0.15, 0.2) is 44.8 Å². The first-order valence-corrected chi connectivity index (χ1v) is 10.7. The Morgan fingerprint density at radius 1 is 1.27 bits per heavy atom. The van der Waals surface area contributed by atoms with Crippen molar-refractivity contribution in [1.29, 1.82) is 0 Å². The summed E-state index contributed by atoms with van der Waals surface area (Å²) in [4.78, 5) is 15.7. The van der Waals surface area contributed by atoms with Gasteiger partial charge in [-0.2, -0.15) is 17.6 Å². The van der Waals surface area contributed by atoms with E-state index in [0.29, 0.717) is 11.8 Å². The van der Waals surface area contributed by atoms with Gasteiger partial charge in [0.15, 0.2) is 0 Å². The van der Waals surface area contributed by atoms with E-state index in [1.807, 2.05) is 0 Å². The fourth-order valence-corrected chi connectivity index (χ4v) is 4.04. The summed E-state index contributed by atoms with van der Waals surface area (Å²) in [5.74, 6) is -0.745. The summed E-state index contributed by atoms with van der Waals surface area (Å²) in [6, 6.07) is 4.79. The molecule has 1 atom stereocenters. The minimum Gasteiger partial charge on any atom is -0.465 e. The molecule has 2 aromatic rings. The summed E-state index contributed by atoms with van der Waals surface area (Å²) in [6.07, 6.45) is -2.31. The zero-order chi connectivity index (χ0) is 22.7. The highest BCUT2D eigenvalue weighted by atomic mass is 35.5. The van der Waals surface area contributed by atoms with Crippen molar-refractivity contribution in [1.82, 2.24) is 4.98 Å². The van der Waals surface area contributed by atoms with Gasteiger partial charge in [-0.15, -0.1) is 0 Å². The number of benzene rings is 1. The Hall–Kier alpha value is -1.91. The summed E-state index contributed by atoms with van der Waals surface area (Å²) in [7, 11) is -0.554. The summed E-state index contributed by atoms with van der Waals surface area (Å²) in [6.45, 7) is 5.04. The second kappa shape index (κ2) is 9.49. The Bertz CT molecular complexity index is 1010. The molecular weight excluding hydrogens is 461 g/mol. The molecule has 1 aromatic carbocycles. The SMILES string of the molecule is COC(=O)c1cccnc1Sc1c(C(F)(F)F)ccc(Cl)c1/C=N/S(=O)C(C)(C)C. The van der Waals surface area contributed by atoms with E-state index in [1.54, 1.807) is 20.8 Å². The van der Waals surface area contributed by atoms with E-state index in [2.05, 4.69) is 14.1 Å². The number of carbonyl (C=O) groups excluding carboxylic acids is 1. The zero-order valence-electron chi connectivity index (χ0n) is 16.4. The predicted octanol–water partition coefficient (Wildman–Crippen LogP) is 5.57. The van der Waals surface area contributed by atoms with Gasteiger partial charge in [-0.25, -0.2) is 14.0 Å². The van der Waals surface area contributed by atoms with Crippen molar-refractivity contribution in [3.63, 3.8) is 0 Å². The molecule has 0 fully saturated rings. The summed E-state index contributed by atoms with van der Waals surface area (Å²) in [5, 5.41) is -0.0144. The van der Waals surface area contributed by atoms with E-state index in [9.17, 15) is 22.2 Å². The van der Waals surface area contributed by atoms with Crippen molar-refractivity contribution < 1.29 is 26.9 Å². The lowest BCUT2D eigenvalue weighted by Crippen LogP contribution is -2.19. The number of ether oxygens (including phenoxy) is 1. The lowest BCUT2D eigenvalue weighted by atomic mass is 10.1. The van der Waals surface area contributed by atoms with Crippen LogP contribution in [0, 0.1) is 0 Å². The molecule has 30 heavy (non-hydrogen) atoms. The first-order chi connectivity index (χ1) is 13.9. The molecule has 1 aromatic heterocycles. The van der Waals surface area contributed by atoms with E-state index in [1.165, 1.54) is 18.3 Å². The molecule has 5 nitrogen and oxygen atoms in total. The number of halogens is 4. The summed E-state index contributed by atoms with van der Waals surface area (Å²) >= 11 is 6.77. The predicted molar refractivity (Wildman–Crippen MR) is 112 cm³/mol. The van der Waals surface area contributed by atoms with Crippen LogP contribution in [-0.2, 0) is 21.9 Å². The average molecular weight is 479 g/mol. The molecule has 162 valence electrons. The lowest BCUT2D eigenvalue weighted by molar-refractivity contribution is -0.139. The summed E-state index contributed by atoms with van der Waals surface area (Å²) < 4.78 is 61.2. The number of pyridine rings is 1. The van der Waals surface area contributed by atoms with E-state index in [0.717, 1.165) is 25.5 Å². The van der Waals surface area contributed by atoms with Crippen LogP contribution < -0.4 is 0 Å². The number of hydrogen-bond donors (Lipinski definition) is 0. The highest BCUT2D eigenvalue weighted by Gasteiger charge is 2.36. The quantitative estimate of drug-likeness (QED) is 0.415. The molecule has 0 radical (unpaired) electrons. The number of nitrogens with zero attached hydrogens (tertiary/aromatic N) is 2. The van der Waals surface area contributed by atoms with Crippen LogP contribution >= 0.6 is 23.4 Å². The molecular formula is C19H18ClF3N2O3S2. The van der Waals surface area contributed by atoms with Gasteiger partial charge < -0.3 is 4.74 Å². The fraction of sp³-hybridized carbons (Fsp3) is 0.316. The highest BCUT2D eigenvalue weighted by molar-refractivity contribution is 7.99. The van der Waals surface area contributed by atoms with E-state index >= 15 is 0 Å². The molecule has 0 bridgehead atoms. The monoisotopic (exact) mass is 478 g/mol. The molecule has 11 heteroatoms. The number of rotatable bonds is 5. The first kappa shape index (κ1) is 24.4. The van der Waals surface area contributed by atoms with Crippen molar-refractivity contribution in [3.05, 3.63) is 52.2 Å². The van der Waals surface area contributed by atoms with Crippen LogP contribution in [0.5, 0.6) is 0 Å². The number of alkyl halides is 3. The largest absolute Gasteiger partial charge is 0.465 e. The van der Waals surface area contributed by atoms with Crippen LogP contribution in [0.4, 0.5) is 13.2 Å². The molecule has 0 aliphatic heterocycles. The van der Waals surface area contributed by atoms with Crippen LogP contribution in [0.25, 0.3) is 0 Å². The molecule has 0 saturated carbocycles. The third-order valence-corrected chi connectivity index (χ3v) is 6.46. The molecule has 1 heterocycles. The number of esters is 1. The molecule has 0 amide bonds.